The monoisotopic (exact) mass is 271 g/mol. The van der Waals surface area contributed by atoms with Gasteiger partial charge in [0.2, 0.25) is 0 Å². The Bertz CT molecular complexity index is 505. The van der Waals surface area contributed by atoms with Gasteiger partial charge >= 0.3 is 5.97 Å². The number of phenols is 1. The minimum atomic E-state index is -1.27. The molecule has 1 aromatic rings. The van der Waals surface area contributed by atoms with Crippen molar-refractivity contribution in [3.8, 4) is 17.2 Å². The van der Waals surface area contributed by atoms with Gasteiger partial charge in [-0.05, 0) is 0 Å². The third-order valence-corrected chi connectivity index (χ3v) is 2.88. The summed E-state index contributed by atoms with van der Waals surface area (Å²) < 4.78 is 24.3. The van der Waals surface area contributed by atoms with Crippen molar-refractivity contribution in [2.75, 3.05) is 19.8 Å². The first kappa shape index (κ1) is 13.4. The van der Waals surface area contributed by atoms with Crippen LogP contribution in [0.15, 0.2) is 6.07 Å². The number of carbonyl (C=O) groups is 1. The molecule has 0 radical (unpaired) electrons. The molecule has 104 valence electrons. The fourth-order valence-corrected chi connectivity index (χ4v) is 1.95. The van der Waals surface area contributed by atoms with Crippen molar-refractivity contribution in [2.45, 2.75) is 12.3 Å². The van der Waals surface area contributed by atoms with E-state index in [0.717, 1.165) is 6.07 Å². The van der Waals surface area contributed by atoms with Crippen LogP contribution >= 0.6 is 0 Å². The van der Waals surface area contributed by atoms with Crippen molar-refractivity contribution in [2.24, 2.45) is 5.73 Å². The van der Waals surface area contributed by atoms with Gasteiger partial charge < -0.3 is 25.4 Å². The first-order valence-electron chi connectivity index (χ1n) is 5.80. The largest absolute Gasteiger partial charge is 0.505 e. The zero-order valence-electron chi connectivity index (χ0n) is 10.1. The summed E-state index contributed by atoms with van der Waals surface area (Å²) in [6.07, 6.45) is 0.580. The normalized spacial score (nSPS) is 15.7. The van der Waals surface area contributed by atoms with Crippen LogP contribution < -0.4 is 15.2 Å². The first-order valence-corrected chi connectivity index (χ1v) is 5.80. The molecule has 0 spiro atoms. The van der Waals surface area contributed by atoms with Crippen LogP contribution in [0.3, 0.4) is 0 Å². The summed E-state index contributed by atoms with van der Waals surface area (Å²) in [5.41, 5.74) is 5.21. The number of nitrogens with two attached hydrogens (primary N) is 1. The van der Waals surface area contributed by atoms with Crippen LogP contribution in [0, 0.1) is 5.82 Å². The van der Waals surface area contributed by atoms with E-state index in [2.05, 4.69) is 0 Å². The van der Waals surface area contributed by atoms with Crippen molar-refractivity contribution in [1.82, 2.24) is 0 Å². The van der Waals surface area contributed by atoms with Gasteiger partial charge in [-0.1, -0.05) is 0 Å². The molecule has 7 heteroatoms. The fraction of sp³-hybridized carbons (Fsp3) is 0.417. The number of phenolic OH excluding ortho intramolecular Hbond substituents is 1. The molecule has 1 aliphatic heterocycles. The van der Waals surface area contributed by atoms with Crippen molar-refractivity contribution in [3.63, 3.8) is 0 Å². The molecule has 0 bridgehead atoms. The molecule has 4 N–H and O–H groups in total. The second kappa shape index (κ2) is 5.31. The van der Waals surface area contributed by atoms with E-state index in [-0.39, 0.29) is 23.6 Å². The van der Waals surface area contributed by atoms with Crippen molar-refractivity contribution in [1.29, 1.82) is 0 Å². The van der Waals surface area contributed by atoms with E-state index in [9.17, 15) is 14.3 Å². The Balaban J connectivity index is 2.62. The minimum Gasteiger partial charge on any atom is -0.505 e. The molecular formula is C12H14FNO5. The molecule has 2 rings (SSSR count). The lowest BCUT2D eigenvalue weighted by Gasteiger charge is -2.18. The van der Waals surface area contributed by atoms with E-state index in [0.29, 0.717) is 19.6 Å². The highest BCUT2D eigenvalue weighted by molar-refractivity contribution is 5.80. The standard InChI is InChI=1S/C12H14FNO5/c13-7-4-8-11(19-3-1-2-18-8)9(10(7)15)6(5-14)12(16)17/h4,6,15H,1-3,5,14H2,(H,16,17). The summed E-state index contributed by atoms with van der Waals surface area (Å²) in [6.45, 7) is 0.334. The zero-order valence-corrected chi connectivity index (χ0v) is 10.1. The number of hydrogen-bond acceptors (Lipinski definition) is 5. The predicted molar refractivity (Wildman–Crippen MR) is 63.1 cm³/mol. The second-order valence-corrected chi connectivity index (χ2v) is 4.12. The number of aliphatic carboxylic acids is 1. The highest BCUT2D eigenvalue weighted by atomic mass is 19.1. The second-order valence-electron chi connectivity index (χ2n) is 4.12. The number of carboxylic acid groups (broad SMARTS) is 1. The van der Waals surface area contributed by atoms with Gasteiger partial charge in [-0.25, -0.2) is 4.39 Å². The summed E-state index contributed by atoms with van der Waals surface area (Å²) >= 11 is 0. The van der Waals surface area contributed by atoms with Crippen LogP contribution in [0.25, 0.3) is 0 Å². The zero-order chi connectivity index (χ0) is 14.0. The van der Waals surface area contributed by atoms with Gasteiger partial charge in [0.05, 0.1) is 18.8 Å². The molecule has 0 aromatic heterocycles. The number of aromatic hydroxyl groups is 1. The number of halogens is 1. The van der Waals surface area contributed by atoms with Gasteiger partial charge in [-0.3, -0.25) is 4.79 Å². The third-order valence-electron chi connectivity index (χ3n) is 2.88. The summed E-state index contributed by atoms with van der Waals surface area (Å²) in [4.78, 5) is 11.2. The van der Waals surface area contributed by atoms with Crippen molar-refractivity contribution >= 4 is 5.97 Å². The Labute approximate surface area is 108 Å². The maximum Gasteiger partial charge on any atom is 0.312 e. The molecular weight excluding hydrogens is 257 g/mol. The van der Waals surface area contributed by atoms with Crippen LogP contribution in [-0.4, -0.2) is 35.9 Å². The molecule has 6 nitrogen and oxygen atoms in total. The number of benzene rings is 1. The quantitative estimate of drug-likeness (QED) is 0.752. The van der Waals surface area contributed by atoms with Gasteiger partial charge in [-0.15, -0.1) is 0 Å². The molecule has 1 aromatic carbocycles. The molecule has 0 aliphatic carbocycles. The number of ether oxygens (including phenoxy) is 2. The van der Waals surface area contributed by atoms with E-state index in [4.69, 9.17) is 20.3 Å². The third kappa shape index (κ3) is 2.41. The van der Waals surface area contributed by atoms with Gasteiger partial charge in [0.15, 0.2) is 23.1 Å². The van der Waals surface area contributed by atoms with E-state index >= 15 is 0 Å². The summed E-state index contributed by atoms with van der Waals surface area (Å²) in [5.74, 6) is -4.11. The first-order chi connectivity index (χ1) is 9.06. The predicted octanol–water partition coefficient (Wildman–Crippen LogP) is 0.819. The highest BCUT2D eigenvalue weighted by Gasteiger charge is 2.31. The Morgan fingerprint density at radius 3 is 2.79 bits per heavy atom. The van der Waals surface area contributed by atoms with E-state index < -0.39 is 23.5 Å². The van der Waals surface area contributed by atoms with Crippen LogP contribution in [0.1, 0.15) is 17.9 Å². The molecule has 0 saturated heterocycles. The van der Waals surface area contributed by atoms with Gasteiger partial charge in [0.25, 0.3) is 0 Å². The van der Waals surface area contributed by atoms with E-state index in [1.54, 1.807) is 0 Å². The summed E-state index contributed by atoms with van der Waals surface area (Å²) in [5, 5.41) is 18.9. The summed E-state index contributed by atoms with van der Waals surface area (Å²) in [7, 11) is 0. The maximum atomic E-state index is 13.6. The minimum absolute atomic E-state index is 0.0502. The number of fused-ring (bicyclic) bond motifs is 1. The fourth-order valence-electron chi connectivity index (χ4n) is 1.95. The summed E-state index contributed by atoms with van der Waals surface area (Å²) in [6, 6.07) is 0.981. The smallest absolute Gasteiger partial charge is 0.312 e. The Kier molecular flexibility index (Phi) is 3.75. The number of hydrogen-bond donors (Lipinski definition) is 3. The molecule has 19 heavy (non-hydrogen) atoms. The van der Waals surface area contributed by atoms with Gasteiger partial charge in [-0.2, -0.15) is 0 Å². The van der Waals surface area contributed by atoms with Gasteiger partial charge in [0, 0.05) is 19.0 Å². The Morgan fingerprint density at radius 1 is 1.47 bits per heavy atom. The number of rotatable bonds is 3. The highest BCUT2D eigenvalue weighted by Crippen LogP contribution is 2.44. The molecule has 1 unspecified atom stereocenters. The molecule has 1 aliphatic rings. The van der Waals surface area contributed by atoms with E-state index in [1.807, 2.05) is 0 Å². The lowest BCUT2D eigenvalue weighted by molar-refractivity contribution is -0.138. The molecule has 1 atom stereocenters. The Morgan fingerprint density at radius 2 is 2.16 bits per heavy atom. The molecule has 0 amide bonds. The average molecular weight is 271 g/mol. The SMILES string of the molecule is NCC(C(=O)O)c1c(O)c(F)cc2c1OCCCO2. The Hall–Kier alpha value is -2.02. The van der Waals surface area contributed by atoms with Gasteiger partial charge in [0.1, 0.15) is 5.92 Å². The number of carboxylic acids is 1. The lowest BCUT2D eigenvalue weighted by atomic mass is 9.96. The topological polar surface area (TPSA) is 102 Å². The molecule has 1 heterocycles. The van der Waals surface area contributed by atoms with Crippen LogP contribution in [0.2, 0.25) is 0 Å². The molecule has 0 saturated carbocycles. The lowest BCUT2D eigenvalue weighted by Crippen LogP contribution is -2.22. The van der Waals surface area contributed by atoms with Crippen LogP contribution in [0.4, 0.5) is 4.39 Å². The average Bonchev–Trinajstić information content (AvgIpc) is 2.59. The van der Waals surface area contributed by atoms with Crippen LogP contribution in [-0.2, 0) is 4.79 Å². The maximum absolute atomic E-state index is 13.6. The van der Waals surface area contributed by atoms with Crippen LogP contribution in [0.5, 0.6) is 17.2 Å². The van der Waals surface area contributed by atoms with Crippen molar-refractivity contribution in [3.05, 3.63) is 17.4 Å². The van der Waals surface area contributed by atoms with E-state index in [1.165, 1.54) is 0 Å². The van der Waals surface area contributed by atoms with Crippen molar-refractivity contribution < 1.29 is 28.9 Å². The molecule has 0 fully saturated rings.